The van der Waals surface area contributed by atoms with Gasteiger partial charge in [-0.25, -0.2) is 0 Å². The van der Waals surface area contributed by atoms with Crippen molar-refractivity contribution < 1.29 is 8.85 Å². The summed E-state index contributed by atoms with van der Waals surface area (Å²) in [5.74, 6) is 0.178. The number of rotatable bonds is 5. The van der Waals surface area contributed by atoms with E-state index in [1.165, 1.54) is 0 Å². The minimum Gasteiger partial charge on any atom is -0.381 e. The highest BCUT2D eigenvalue weighted by Crippen LogP contribution is 2.39. The predicted octanol–water partition coefficient (Wildman–Crippen LogP) is 4.22. The summed E-state index contributed by atoms with van der Waals surface area (Å²) in [5.41, 5.74) is 1.15. The minimum atomic E-state index is -2.82. The molecule has 0 aromatic heterocycles. The van der Waals surface area contributed by atoms with Crippen molar-refractivity contribution in [2.45, 2.75) is 19.1 Å². The van der Waals surface area contributed by atoms with Gasteiger partial charge in [-0.15, -0.1) is 6.58 Å². The van der Waals surface area contributed by atoms with Gasteiger partial charge in [-0.3, -0.25) is 0 Å². The Balaban J connectivity index is 1.86. The molecule has 1 saturated heterocycles. The molecule has 0 amide bonds. The Hall–Kier alpha value is -2.46. The van der Waals surface area contributed by atoms with Gasteiger partial charge in [-0.2, -0.15) is 0 Å². The van der Waals surface area contributed by atoms with Gasteiger partial charge >= 0.3 is 8.56 Å². The summed E-state index contributed by atoms with van der Waals surface area (Å²) in [6.45, 7) is 6.16. The largest absolute Gasteiger partial charge is 0.408 e. The third kappa shape index (κ3) is 3.30. The lowest BCUT2D eigenvalue weighted by molar-refractivity contribution is 0.125. The van der Waals surface area contributed by atoms with Crippen molar-refractivity contribution in [1.82, 2.24) is 0 Å². The van der Waals surface area contributed by atoms with Crippen molar-refractivity contribution in [3.05, 3.63) is 109 Å². The third-order valence-electron chi connectivity index (χ3n) is 5.22. The van der Waals surface area contributed by atoms with Crippen molar-refractivity contribution in [2.75, 3.05) is 0 Å². The molecule has 1 unspecified atom stereocenters. The number of benzene rings is 3. The van der Waals surface area contributed by atoms with Crippen LogP contribution in [0.3, 0.4) is 0 Å². The molecular weight excluding hydrogens is 348 g/mol. The van der Waals surface area contributed by atoms with Gasteiger partial charge in [0.1, 0.15) is 0 Å². The standard InChI is InChI=1S/C24H24O2Si/c1-3-19(2)23-24(20-13-7-4-8-14-20)26-27(25-23,21-15-9-5-10-16-21)22-17-11-6-12-18-22/h3-19,23-24H,1H2,2H3/t19-,23-,24?/m0/s1. The molecule has 3 heteroatoms. The van der Waals surface area contributed by atoms with Crippen molar-refractivity contribution in [3.63, 3.8) is 0 Å². The summed E-state index contributed by atoms with van der Waals surface area (Å²) < 4.78 is 13.8. The maximum absolute atomic E-state index is 6.91. The van der Waals surface area contributed by atoms with E-state index in [2.05, 4.69) is 86.3 Å². The van der Waals surface area contributed by atoms with Gasteiger partial charge in [0.15, 0.2) is 0 Å². The second-order valence-electron chi connectivity index (χ2n) is 6.98. The Bertz CT molecular complexity index is 841. The summed E-state index contributed by atoms with van der Waals surface area (Å²) in [7, 11) is -2.82. The van der Waals surface area contributed by atoms with E-state index in [4.69, 9.17) is 8.85 Å². The highest BCUT2D eigenvalue weighted by Gasteiger charge is 2.55. The smallest absolute Gasteiger partial charge is 0.381 e. The Morgan fingerprint density at radius 1 is 0.778 bits per heavy atom. The molecule has 27 heavy (non-hydrogen) atoms. The first kappa shape index (κ1) is 17.9. The minimum absolute atomic E-state index is 0.0722. The molecule has 0 aliphatic carbocycles. The van der Waals surface area contributed by atoms with E-state index >= 15 is 0 Å². The first-order valence-electron chi connectivity index (χ1n) is 9.39. The van der Waals surface area contributed by atoms with E-state index in [-0.39, 0.29) is 18.1 Å². The van der Waals surface area contributed by atoms with Crippen LogP contribution in [0.1, 0.15) is 18.6 Å². The molecule has 3 aromatic rings. The molecular formula is C24H24O2Si. The molecule has 1 aliphatic rings. The van der Waals surface area contributed by atoms with Crippen LogP contribution < -0.4 is 10.4 Å². The second kappa shape index (κ2) is 7.65. The Morgan fingerprint density at radius 2 is 1.26 bits per heavy atom. The van der Waals surface area contributed by atoms with E-state index < -0.39 is 8.56 Å². The van der Waals surface area contributed by atoms with Crippen LogP contribution in [0.2, 0.25) is 0 Å². The van der Waals surface area contributed by atoms with Crippen LogP contribution in [-0.4, -0.2) is 14.7 Å². The Labute approximate surface area is 162 Å². The van der Waals surface area contributed by atoms with E-state index in [0.717, 1.165) is 15.9 Å². The monoisotopic (exact) mass is 372 g/mol. The third-order valence-corrected chi connectivity index (χ3v) is 8.60. The fourth-order valence-electron chi connectivity index (χ4n) is 3.70. The van der Waals surface area contributed by atoms with Crippen LogP contribution in [0, 0.1) is 5.92 Å². The lowest BCUT2D eigenvalue weighted by atomic mass is 9.95. The van der Waals surface area contributed by atoms with Crippen molar-refractivity contribution >= 4 is 18.9 Å². The van der Waals surface area contributed by atoms with Crippen LogP contribution >= 0.6 is 0 Å². The van der Waals surface area contributed by atoms with Crippen molar-refractivity contribution in [1.29, 1.82) is 0 Å². The number of hydrogen-bond donors (Lipinski definition) is 0. The maximum Gasteiger partial charge on any atom is 0.408 e. The van der Waals surface area contributed by atoms with Gasteiger partial charge in [0.2, 0.25) is 0 Å². The second-order valence-corrected chi connectivity index (χ2v) is 9.83. The zero-order valence-electron chi connectivity index (χ0n) is 15.5. The van der Waals surface area contributed by atoms with Crippen molar-refractivity contribution in [3.8, 4) is 0 Å². The van der Waals surface area contributed by atoms with Gasteiger partial charge in [-0.1, -0.05) is 104 Å². The van der Waals surface area contributed by atoms with Gasteiger partial charge in [0, 0.05) is 5.92 Å². The van der Waals surface area contributed by atoms with Gasteiger partial charge in [-0.05, 0) is 15.9 Å². The summed E-state index contributed by atoms with van der Waals surface area (Å²) in [6, 6.07) is 31.2. The molecule has 0 saturated carbocycles. The number of hydrogen-bond acceptors (Lipinski definition) is 2. The van der Waals surface area contributed by atoms with E-state index in [9.17, 15) is 0 Å². The Morgan fingerprint density at radius 3 is 1.74 bits per heavy atom. The lowest BCUT2D eigenvalue weighted by Gasteiger charge is -2.26. The van der Waals surface area contributed by atoms with Crippen LogP contribution in [0.25, 0.3) is 0 Å². The SMILES string of the molecule is C=C[C@H](C)[C@@H]1O[Si](c2ccccc2)(c2ccccc2)OC1c1ccccc1. The highest BCUT2D eigenvalue weighted by molar-refractivity contribution is 6.93. The first-order valence-corrected chi connectivity index (χ1v) is 11.2. The summed E-state index contributed by atoms with van der Waals surface area (Å²) in [6.07, 6.45) is 1.77. The summed E-state index contributed by atoms with van der Waals surface area (Å²) >= 11 is 0. The Kier molecular flexibility index (Phi) is 5.08. The zero-order chi connectivity index (χ0) is 18.7. The van der Waals surface area contributed by atoms with E-state index in [1.807, 2.05) is 24.3 Å². The molecule has 0 N–H and O–H groups in total. The van der Waals surface area contributed by atoms with Crippen molar-refractivity contribution in [2.24, 2.45) is 5.92 Å². The van der Waals surface area contributed by atoms with Gasteiger partial charge in [0.05, 0.1) is 12.2 Å². The summed E-state index contributed by atoms with van der Waals surface area (Å²) in [5, 5.41) is 2.27. The molecule has 1 fully saturated rings. The maximum atomic E-state index is 6.91. The average Bonchev–Trinajstić information content (AvgIpc) is 3.17. The van der Waals surface area contributed by atoms with Crippen LogP contribution in [0.15, 0.2) is 104 Å². The molecule has 2 nitrogen and oxygen atoms in total. The predicted molar refractivity (Wildman–Crippen MR) is 112 cm³/mol. The van der Waals surface area contributed by atoms with Gasteiger partial charge in [0.25, 0.3) is 0 Å². The quantitative estimate of drug-likeness (QED) is 0.493. The van der Waals surface area contributed by atoms with E-state index in [0.29, 0.717) is 0 Å². The molecule has 136 valence electrons. The molecule has 0 radical (unpaired) electrons. The first-order chi connectivity index (χ1) is 13.2. The fourth-order valence-corrected chi connectivity index (χ4v) is 7.24. The molecule has 1 heterocycles. The highest BCUT2D eigenvalue weighted by atomic mass is 28.4. The van der Waals surface area contributed by atoms with Crippen LogP contribution in [0.4, 0.5) is 0 Å². The van der Waals surface area contributed by atoms with Crippen LogP contribution in [-0.2, 0) is 8.85 Å². The average molecular weight is 373 g/mol. The molecule has 1 aliphatic heterocycles. The summed E-state index contributed by atoms with van der Waals surface area (Å²) in [4.78, 5) is 0. The molecule has 3 aromatic carbocycles. The normalized spacial score (nSPS) is 22.3. The molecule has 0 bridgehead atoms. The van der Waals surface area contributed by atoms with E-state index in [1.54, 1.807) is 0 Å². The molecule has 0 spiro atoms. The van der Waals surface area contributed by atoms with Crippen LogP contribution in [0.5, 0.6) is 0 Å². The fraction of sp³-hybridized carbons (Fsp3) is 0.167. The lowest BCUT2D eigenvalue weighted by Crippen LogP contribution is -2.60. The molecule has 4 rings (SSSR count). The molecule has 3 atom stereocenters. The topological polar surface area (TPSA) is 18.5 Å². The zero-order valence-corrected chi connectivity index (χ0v) is 16.5. The van der Waals surface area contributed by atoms with Gasteiger partial charge < -0.3 is 8.85 Å².